The number of Topliss-reactive ketones (excluding diaryl/α,β-unsaturated/α-hetero) is 1. The molecule has 27 heavy (non-hydrogen) atoms. The smallest absolute Gasteiger partial charge is 0.317 e. The first-order valence-corrected chi connectivity index (χ1v) is 8.74. The minimum atomic E-state index is -0.864. The highest BCUT2D eigenvalue weighted by Gasteiger charge is 2.31. The van der Waals surface area contributed by atoms with E-state index < -0.39 is 11.9 Å². The van der Waals surface area contributed by atoms with Crippen LogP contribution in [0, 0.1) is 0 Å². The van der Waals surface area contributed by atoms with Crippen LogP contribution in [0.25, 0.3) is 0 Å². The third-order valence-corrected chi connectivity index (χ3v) is 4.10. The molecule has 3 rings (SSSR count). The van der Waals surface area contributed by atoms with Crippen LogP contribution in [0.15, 0.2) is 60.7 Å². The summed E-state index contributed by atoms with van der Waals surface area (Å²) in [4.78, 5) is 25.2. The van der Waals surface area contributed by atoms with Gasteiger partial charge < -0.3 is 4.74 Å². The van der Waals surface area contributed by atoms with Crippen molar-refractivity contribution >= 4 is 11.8 Å². The normalized spacial score (nSPS) is 11.7. The van der Waals surface area contributed by atoms with E-state index in [0.717, 1.165) is 5.56 Å². The van der Waals surface area contributed by atoms with Crippen LogP contribution in [-0.2, 0) is 16.1 Å². The van der Waals surface area contributed by atoms with Crippen LogP contribution in [0.4, 0.5) is 0 Å². The number of nitrogens with zero attached hydrogens (tertiary/aromatic N) is 4. The number of carbonyl (C=O) groups is 2. The highest BCUT2D eigenvalue weighted by molar-refractivity contribution is 5.99. The Morgan fingerprint density at radius 1 is 1.04 bits per heavy atom. The second-order valence-electron chi connectivity index (χ2n) is 5.98. The predicted molar refractivity (Wildman–Crippen MR) is 98.1 cm³/mol. The number of aromatic nitrogens is 4. The van der Waals surface area contributed by atoms with Crippen LogP contribution in [0.1, 0.15) is 41.0 Å². The number of tetrazole rings is 1. The monoisotopic (exact) mass is 364 g/mol. The summed E-state index contributed by atoms with van der Waals surface area (Å²) >= 11 is 0. The van der Waals surface area contributed by atoms with E-state index in [-0.39, 0.29) is 18.8 Å². The lowest BCUT2D eigenvalue weighted by atomic mass is 9.97. The molecule has 0 bridgehead atoms. The van der Waals surface area contributed by atoms with Crippen LogP contribution in [0.3, 0.4) is 0 Å². The van der Waals surface area contributed by atoms with Gasteiger partial charge in [0.15, 0.2) is 11.6 Å². The summed E-state index contributed by atoms with van der Waals surface area (Å²) < 4.78 is 6.71. The Morgan fingerprint density at radius 3 is 2.37 bits per heavy atom. The van der Waals surface area contributed by atoms with E-state index in [0.29, 0.717) is 17.9 Å². The lowest BCUT2D eigenvalue weighted by Crippen LogP contribution is -2.23. The maximum Gasteiger partial charge on any atom is 0.317 e. The summed E-state index contributed by atoms with van der Waals surface area (Å²) in [5, 5.41) is 11.7. The molecule has 1 aromatic heterocycles. The standard InChI is InChI=1S/C20H20N4O3/c1-2-27-20(26)17(13-18(25)16-11-7-4-8-12-16)19-21-22-23-24(19)14-15-9-5-3-6-10-15/h3-12,17H,2,13-14H2,1H3. The number of ether oxygens (including phenoxy) is 1. The van der Waals surface area contributed by atoms with Gasteiger partial charge in [-0.15, -0.1) is 5.10 Å². The molecule has 0 radical (unpaired) electrons. The Hall–Kier alpha value is -3.35. The average Bonchev–Trinajstić information content (AvgIpc) is 3.15. The number of hydrogen-bond donors (Lipinski definition) is 0. The fourth-order valence-corrected chi connectivity index (χ4v) is 2.78. The number of benzene rings is 2. The largest absolute Gasteiger partial charge is 0.465 e. The third kappa shape index (κ3) is 4.63. The first-order valence-electron chi connectivity index (χ1n) is 8.74. The fourth-order valence-electron chi connectivity index (χ4n) is 2.78. The van der Waals surface area contributed by atoms with Crippen molar-refractivity contribution in [1.29, 1.82) is 0 Å². The van der Waals surface area contributed by atoms with Gasteiger partial charge in [-0.05, 0) is 22.9 Å². The zero-order valence-corrected chi connectivity index (χ0v) is 15.0. The van der Waals surface area contributed by atoms with Gasteiger partial charge in [0.25, 0.3) is 0 Å². The number of ketones is 1. The molecule has 0 spiro atoms. The van der Waals surface area contributed by atoms with Gasteiger partial charge in [-0.25, -0.2) is 4.68 Å². The van der Waals surface area contributed by atoms with Gasteiger partial charge in [-0.3, -0.25) is 9.59 Å². The molecule has 0 aliphatic carbocycles. The molecule has 0 fully saturated rings. The third-order valence-electron chi connectivity index (χ3n) is 4.10. The molecule has 1 atom stereocenters. The first-order chi connectivity index (χ1) is 13.2. The summed E-state index contributed by atoms with van der Waals surface area (Å²) in [6, 6.07) is 18.5. The zero-order valence-electron chi connectivity index (χ0n) is 15.0. The number of carbonyl (C=O) groups excluding carboxylic acids is 2. The number of rotatable bonds is 8. The summed E-state index contributed by atoms with van der Waals surface area (Å²) in [5.74, 6) is -1.22. The minimum Gasteiger partial charge on any atom is -0.465 e. The van der Waals surface area contributed by atoms with Gasteiger partial charge in [0.05, 0.1) is 13.2 Å². The van der Waals surface area contributed by atoms with E-state index in [1.54, 1.807) is 31.2 Å². The molecule has 138 valence electrons. The van der Waals surface area contributed by atoms with Crippen LogP contribution in [0.2, 0.25) is 0 Å². The van der Waals surface area contributed by atoms with Crippen LogP contribution >= 0.6 is 0 Å². The second-order valence-corrected chi connectivity index (χ2v) is 5.98. The van der Waals surface area contributed by atoms with Gasteiger partial charge in [0.1, 0.15) is 5.92 Å². The molecular weight excluding hydrogens is 344 g/mol. The predicted octanol–water partition coefficient (Wildman–Crippen LogP) is 2.64. The highest BCUT2D eigenvalue weighted by Crippen LogP contribution is 2.22. The molecule has 7 heteroatoms. The number of hydrogen-bond acceptors (Lipinski definition) is 6. The molecule has 1 heterocycles. The van der Waals surface area contributed by atoms with Crippen LogP contribution < -0.4 is 0 Å². The van der Waals surface area contributed by atoms with Gasteiger partial charge in [0, 0.05) is 12.0 Å². The Labute approximate surface area is 157 Å². The van der Waals surface area contributed by atoms with Crippen molar-refractivity contribution < 1.29 is 14.3 Å². The molecule has 1 unspecified atom stereocenters. The molecule has 7 nitrogen and oxygen atoms in total. The number of esters is 1. The van der Waals surface area contributed by atoms with Crippen molar-refractivity contribution in [2.45, 2.75) is 25.8 Å². The van der Waals surface area contributed by atoms with E-state index in [4.69, 9.17) is 4.74 Å². The van der Waals surface area contributed by atoms with Crippen molar-refractivity contribution in [3.05, 3.63) is 77.6 Å². The molecular formula is C20H20N4O3. The maximum absolute atomic E-state index is 12.6. The zero-order chi connectivity index (χ0) is 19.1. The van der Waals surface area contributed by atoms with E-state index in [1.807, 2.05) is 36.4 Å². The summed E-state index contributed by atoms with van der Waals surface area (Å²) in [6.07, 6.45) is -0.0575. The van der Waals surface area contributed by atoms with E-state index in [1.165, 1.54) is 4.68 Å². The lowest BCUT2D eigenvalue weighted by molar-refractivity contribution is -0.145. The average molecular weight is 364 g/mol. The molecule has 0 N–H and O–H groups in total. The fraction of sp³-hybridized carbons (Fsp3) is 0.250. The molecule has 3 aromatic rings. The van der Waals surface area contributed by atoms with Gasteiger partial charge in [-0.2, -0.15) is 0 Å². The second kappa shape index (κ2) is 8.84. The van der Waals surface area contributed by atoms with E-state index >= 15 is 0 Å². The minimum absolute atomic E-state index is 0.0575. The summed E-state index contributed by atoms with van der Waals surface area (Å²) in [5.41, 5.74) is 1.52. The van der Waals surface area contributed by atoms with Gasteiger partial charge in [0.2, 0.25) is 0 Å². The molecule has 2 aromatic carbocycles. The topological polar surface area (TPSA) is 87.0 Å². The molecule has 0 aliphatic rings. The summed E-state index contributed by atoms with van der Waals surface area (Å²) in [6.45, 7) is 2.34. The SMILES string of the molecule is CCOC(=O)C(CC(=O)c1ccccc1)c1nnnn1Cc1ccccc1. The van der Waals surface area contributed by atoms with Crippen molar-refractivity contribution in [2.75, 3.05) is 6.61 Å². The Kier molecular flexibility index (Phi) is 6.04. The lowest BCUT2D eigenvalue weighted by Gasteiger charge is -2.15. The summed E-state index contributed by atoms with van der Waals surface area (Å²) in [7, 11) is 0. The van der Waals surface area contributed by atoms with Crippen molar-refractivity contribution in [3.63, 3.8) is 0 Å². The highest BCUT2D eigenvalue weighted by atomic mass is 16.5. The van der Waals surface area contributed by atoms with Crippen molar-refractivity contribution in [3.8, 4) is 0 Å². The first kappa shape index (κ1) is 18.4. The van der Waals surface area contributed by atoms with Crippen LogP contribution in [-0.4, -0.2) is 38.6 Å². The van der Waals surface area contributed by atoms with E-state index in [9.17, 15) is 9.59 Å². The molecule has 0 aliphatic heterocycles. The van der Waals surface area contributed by atoms with Gasteiger partial charge in [-0.1, -0.05) is 60.7 Å². The molecule has 0 saturated carbocycles. The Bertz CT molecular complexity index is 894. The maximum atomic E-state index is 12.6. The van der Waals surface area contributed by atoms with Crippen LogP contribution in [0.5, 0.6) is 0 Å². The Morgan fingerprint density at radius 2 is 1.70 bits per heavy atom. The molecule has 0 saturated heterocycles. The van der Waals surface area contributed by atoms with Gasteiger partial charge >= 0.3 is 5.97 Å². The Balaban J connectivity index is 1.87. The van der Waals surface area contributed by atoms with Crippen molar-refractivity contribution in [2.24, 2.45) is 0 Å². The van der Waals surface area contributed by atoms with Crippen molar-refractivity contribution in [1.82, 2.24) is 20.2 Å². The van der Waals surface area contributed by atoms with E-state index in [2.05, 4.69) is 15.5 Å². The quantitative estimate of drug-likeness (QED) is 0.451. The molecule has 0 amide bonds.